The van der Waals surface area contributed by atoms with Crippen LogP contribution in [0.15, 0.2) is 48.5 Å². The number of benzene rings is 2. The second-order valence-electron chi connectivity index (χ2n) is 3.96. The predicted molar refractivity (Wildman–Crippen MR) is 91.3 cm³/mol. The van der Waals surface area contributed by atoms with Crippen LogP contribution in [0.5, 0.6) is 11.5 Å². The summed E-state index contributed by atoms with van der Waals surface area (Å²) in [7, 11) is 3.34. The Bertz CT molecular complexity index is 387. The van der Waals surface area contributed by atoms with Gasteiger partial charge >= 0.3 is 0 Å². The topological polar surface area (TPSA) is 18.5 Å². The third kappa shape index (κ3) is 5.97. The lowest BCUT2D eigenvalue weighted by molar-refractivity contribution is 0.414. The first-order valence-corrected chi connectivity index (χ1v) is 8.35. The van der Waals surface area contributed by atoms with Crippen molar-refractivity contribution in [1.82, 2.24) is 0 Å². The van der Waals surface area contributed by atoms with Crippen LogP contribution in [0.2, 0.25) is 0 Å². The van der Waals surface area contributed by atoms with E-state index in [1.807, 2.05) is 48.5 Å². The van der Waals surface area contributed by atoms with Crippen molar-refractivity contribution in [1.29, 1.82) is 0 Å². The van der Waals surface area contributed by atoms with Crippen molar-refractivity contribution >= 4 is 31.9 Å². The molecule has 0 aliphatic rings. The third-order valence-electron chi connectivity index (χ3n) is 2.63. The Morgan fingerprint density at radius 2 is 0.950 bits per heavy atom. The summed E-state index contributed by atoms with van der Waals surface area (Å²) in [5.74, 6) is 1.81. The van der Waals surface area contributed by atoms with Crippen LogP contribution in [0.4, 0.5) is 0 Å². The second-order valence-corrected chi connectivity index (χ2v) is 5.08. The summed E-state index contributed by atoms with van der Waals surface area (Å²) in [6, 6.07) is 16.0. The van der Waals surface area contributed by atoms with Crippen LogP contribution < -0.4 is 9.47 Å². The van der Waals surface area contributed by atoms with Crippen molar-refractivity contribution in [3.63, 3.8) is 0 Å². The average Bonchev–Trinajstić information content (AvgIpc) is 2.55. The maximum atomic E-state index is 5.00. The van der Waals surface area contributed by atoms with Crippen LogP contribution >= 0.6 is 31.9 Å². The standard InChI is InChI=1S/2C8H9BrO/c2*1-10-8-4-2-7(6-9)3-5-8/h2*2-5H,6H2,1H3. The lowest BCUT2D eigenvalue weighted by Gasteiger charge is -1.98. The zero-order valence-electron chi connectivity index (χ0n) is 11.6. The number of halogens is 2. The van der Waals surface area contributed by atoms with Gasteiger partial charge in [0.2, 0.25) is 0 Å². The summed E-state index contributed by atoms with van der Waals surface area (Å²) in [4.78, 5) is 0. The molecule has 0 atom stereocenters. The third-order valence-corrected chi connectivity index (χ3v) is 3.92. The highest BCUT2D eigenvalue weighted by Crippen LogP contribution is 2.13. The SMILES string of the molecule is COc1ccc(CBr)cc1.COc1ccc(CBr)cc1. The molecule has 2 nitrogen and oxygen atoms in total. The van der Waals surface area contributed by atoms with Crippen LogP contribution in [-0.2, 0) is 10.7 Å². The summed E-state index contributed by atoms with van der Waals surface area (Å²) in [5.41, 5.74) is 2.53. The molecule has 108 valence electrons. The fraction of sp³-hybridized carbons (Fsp3) is 0.250. The molecule has 2 aromatic carbocycles. The van der Waals surface area contributed by atoms with Crippen molar-refractivity contribution < 1.29 is 9.47 Å². The number of methoxy groups -OCH3 is 2. The highest BCUT2D eigenvalue weighted by atomic mass is 79.9. The van der Waals surface area contributed by atoms with Gasteiger partial charge in [0.15, 0.2) is 0 Å². The molecule has 0 saturated carbocycles. The minimum atomic E-state index is 0.900. The molecule has 2 aromatic rings. The molecule has 0 aliphatic heterocycles. The van der Waals surface area contributed by atoms with Crippen LogP contribution in [-0.4, -0.2) is 14.2 Å². The van der Waals surface area contributed by atoms with E-state index >= 15 is 0 Å². The molecule has 2 rings (SSSR count). The number of hydrogen-bond acceptors (Lipinski definition) is 2. The maximum absolute atomic E-state index is 5.00. The fourth-order valence-corrected chi connectivity index (χ4v) is 2.18. The fourth-order valence-electron chi connectivity index (χ4n) is 1.43. The van der Waals surface area contributed by atoms with Crippen molar-refractivity contribution in [3.8, 4) is 11.5 Å². The zero-order valence-corrected chi connectivity index (χ0v) is 14.8. The number of alkyl halides is 2. The van der Waals surface area contributed by atoms with Gasteiger partial charge in [0.1, 0.15) is 11.5 Å². The van der Waals surface area contributed by atoms with Crippen LogP contribution in [0.25, 0.3) is 0 Å². The van der Waals surface area contributed by atoms with Crippen LogP contribution in [0.1, 0.15) is 11.1 Å². The van der Waals surface area contributed by atoms with Gasteiger partial charge in [-0.2, -0.15) is 0 Å². The van der Waals surface area contributed by atoms with Crippen LogP contribution in [0.3, 0.4) is 0 Å². The summed E-state index contributed by atoms with van der Waals surface area (Å²) >= 11 is 6.73. The maximum Gasteiger partial charge on any atom is 0.118 e. The van der Waals surface area contributed by atoms with E-state index in [2.05, 4.69) is 31.9 Å². The van der Waals surface area contributed by atoms with Crippen molar-refractivity contribution in [2.45, 2.75) is 10.7 Å². The highest BCUT2D eigenvalue weighted by Gasteiger charge is 1.90. The van der Waals surface area contributed by atoms with E-state index in [1.165, 1.54) is 11.1 Å². The van der Waals surface area contributed by atoms with E-state index in [4.69, 9.17) is 9.47 Å². The van der Waals surface area contributed by atoms with E-state index < -0.39 is 0 Å². The molecule has 0 unspecified atom stereocenters. The Labute approximate surface area is 137 Å². The van der Waals surface area contributed by atoms with Crippen LogP contribution in [0, 0.1) is 0 Å². The summed E-state index contributed by atoms with van der Waals surface area (Å²) in [6.45, 7) is 0. The first-order valence-electron chi connectivity index (χ1n) is 6.11. The minimum Gasteiger partial charge on any atom is -0.497 e. The monoisotopic (exact) mass is 400 g/mol. The largest absolute Gasteiger partial charge is 0.497 e. The first kappa shape index (κ1) is 17.1. The lowest BCUT2D eigenvalue weighted by atomic mass is 10.2. The normalized spacial score (nSPS) is 9.40. The van der Waals surface area contributed by atoms with Gasteiger partial charge in [-0.05, 0) is 35.4 Å². The Morgan fingerprint density at radius 1 is 0.650 bits per heavy atom. The summed E-state index contributed by atoms with van der Waals surface area (Å²) < 4.78 is 10.00. The smallest absolute Gasteiger partial charge is 0.118 e. The summed E-state index contributed by atoms with van der Waals surface area (Å²) in [6.07, 6.45) is 0. The molecular formula is C16H18Br2O2. The Morgan fingerprint density at radius 3 is 1.15 bits per heavy atom. The molecule has 0 aromatic heterocycles. The van der Waals surface area contributed by atoms with E-state index in [9.17, 15) is 0 Å². The van der Waals surface area contributed by atoms with Gasteiger partial charge in [-0.1, -0.05) is 56.1 Å². The molecule has 0 spiro atoms. The zero-order chi connectivity index (χ0) is 14.8. The molecule has 0 aliphatic carbocycles. The van der Waals surface area contributed by atoms with Gasteiger partial charge in [-0.3, -0.25) is 0 Å². The molecule has 20 heavy (non-hydrogen) atoms. The van der Waals surface area contributed by atoms with Gasteiger partial charge in [-0.15, -0.1) is 0 Å². The molecule has 0 heterocycles. The molecular weight excluding hydrogens is 384 g/mol. The quantitative estimate of drug-likeness (QED) is 0.657. The molecule has 0 amide bonds. The second kappa shape index (κ2) is 9.83. The minimum absolute atomic E-state index is 0.900. The van der Waals surface area contributed by atoms with Crippen molar-refractivity contribution in [2.75, 3.05) is 14.2 Å². The molecule has 0 fully saturated rings. The first-order chi connectivity index (χ1) is 9.73. The van der Waals surface area contributed by atoms with Crippen molar-refractivity contribution in [3.05, 3.63) is 59.7 Å². The summed E-state index contributed by atoms with van der Waals surface area (Å²) in [5, 5.41) is 1.80. The molecule has 0 N–H and O–H groups in total. The predicted octanol–water partition coefficient (Wildman–Crippen LogP) is 5.18. The van der Waals surface area contributed by atoms with Gasteiger partial charge in [0.05, 0.1) is 14.2 Å². The number of ether oxygens (including phenoxy) is 2. The number of rotatable bonds is 4. The van der Waals surface area contributed by atoms with Gasteiger partial charge < -0.3 is 9.47 Å². The Kier molecular flexibility index (Phi) is 8.38. The highest BCUT2D eigenvalue weighted by molar-refractivity contribution is 9.08. The molecule has 4 heteroatoms. The Hall–Kier alpha value is -1.00. The molecule has 0 bridgehead atoms. The van der Waals surface area contributed by atoms with Gasteiger partial charge in [0.25, 0.3) is 0 Å². The van der Waals surface area contributed by atoms with Gasteiger partial charge in [-0.25, -0.2) is 0 Å². The van der Waals surface area contributed by atoms with E-state index in [0.29, 0.717) is 0 Å². The van der Waals surface area contributed by atoms with E-state index in [1.54, 1.807) is 14.2 Å². The van der Waals surface area contributed by atoms with E-state index in [-0.39, 0.29) is 0 Å². The van der Waals surface area contributed by atoms with Gasteiger partial charge in [0, 0.05) is 10.7 Å². The number of hydrogen-bond donors (Lipinski definition) is 0. The van der Waals surface area contributed by atoms with E-state index in [0.717, 1.165) is 22.2 Å². The molecule has 0 radical (unpaired) electrons. The Balaban J connectivity index is 0.000000200. The molecule has 0 saturated heterocycles. The average molecular weight is 402 g/mol. The lowest BCUT2D eigenvalue weighted by Crippen LogP contribution is -1.82. The van der Waals surface area contributed by atoms with Crippen molar-refractivity contribution in [2.24, 2.45) is 0 Å².